The van der Waals surface area contributed by atoms with Crippen LogP contribution in [0.2, 0.25) is 0 Å². The van der Waals surface area contributed by atoms with Gasteiger partial charge >= 0.3 is 0 Å². The van der Waals surface area contributed by atoms with Crippen LogP contribution in [-0.4, -0.2) is 36.6 Å². The largest absolute Gasteiger partial charge is 0.356 e. The predicted octanol–water partition coefficient (Wildman–Crippen LogP) is 3.89. The van der Waals surface area contributed by atoms with Crippen molar-refractivity contribution in [3.05, 3.63) is 23.4 Å². The molecule has 0 aliphatic carbocycles. The fraction of sp³-hybridized carbons (Fsp3) is 0.706. The summed E-state index contributed by atoms with van der Waals surface area (Å²) in [6.07, 6.45) is 3.32. The Morgan fingerprint density at radius 2 is 2.00 bits per heavy atom. The van der Waals surface area contributed by atoms with Crippen LogP contribution in [0.15, 0.2) is 12.1 Å². The molecule has 0 radical (unpaired) electrons. The number of hydrogen-bond acceptors (Lipinski definition) is 4. The minimum Gasteiger partial charge on any atom is -0.356 e. The molecule has 1 atom stereocenters. The van der Waals surface area contributed by atoms with Crippen LogP contribution in [-0.2, 0) is 6.54 Å². The first-order valence-corrected chi connectivity index (χ1v) is 9.32. The Bertz CT molecular complexity index is 420. The summed E-state index contributed by atoms with van der Waals surface area (Å²) in [4.78, 5) is 7.15. The third-order valence-electron chi connectivity index (χ3n) is 3.67. The molecule has 1 aromatic rings. The first-order valence-electron chi connectivity index (χ1n) is 7.92. The molecule has 1 aromatic heterocycles. The van der Waals surface area contributed by atoms with Crippen LogP contribution in [0.5, 0.6) is 0 Å². The summed E-state index contributed by atoms with van der Waals surface area (Å²) in [6.45, 7) is 10.9. The van der Waals surface area contributed by atoms with Crippen LogP contribution in [0.3, 0.4) is 0 Å². The molecule has 0 spiro atoms. The minimum atomic E-state index is 0.458. The number of nitrogens with one attached hydrogen (secondary N) is 1. The number of anilines is 1. The summed E-state index contributed by atoms with van der Waals surface area (Å²) >= 11 is 1.88. The van der Waals surface area contributed by atoms with E-state index >= 15 is 0 Å². The molecule has 1 rings (SSSR count). The van der Waals surface area contributed by atoms with E-state index in [1.165, 1.54) is 17.7 Å². The van der Waals surface area contributed by atoms with Crippen LogP contribution in [0.1, 0.15) is 51.3 Å². The van der Waals surface area contributed by atoms with Gasteiger partial charge in [0.25, 0.3) is 0 Å². The van der Waals surface area contributed by atoms with E-state index in [9.17, 15) is 0 Å². The van der Waals surface area contributed by atoms with Gasteiger partial charge in [0.2, 0.25) is 0 Å². The molecule has 0 bridgehead atoms. The van der Waals surface area contributed by atoms with E-state index in [-0.39, 0.29) is 0 Å². The first kappa shape index (κ1) is 18.3. The summed E-state index contributed by atoms with van der Waals surface area (Å²) in [7, 11) is 2.15. The van der Waals surface area contributed by atoms with Crippen molar-refractivity contribution in [1.29, 1.82) is 0 Å². The second kappa shape index (κ2) is 9.31. The molecule has 120 valence electrons. The normalized spacial score (nSPS) is 12.7. The van der Waals surface area contributed by atoms with Crippen molar-refractivity contribution in [3.63, 3.8) is 0 Å². The Balaban J connectivity index is 2.95. The fourth-order valence-corrected chi connectivity index (χ4v) is 2.87. The van der Waals surface area contributed by atoms with Gasteiger partial charge in [0, 0.05) is 31.1 Å². The van der Waals surface area contributed by atoms with E-state index in [0.29, 0.717) is 12.0 Å². The second-order valence-corrected chi connectivity index (χ2v) is 6.92. The highest BCUT2D eigenvalue weighted by Gasteiger charge is 2.14. The van der Waals surface area contributed by atoms with Crippen LogP contribution < -0.4 is 10.2 Å². The average Bonchev–Trinajstić information content (AvgIpc) is 2.46. The van der Waals surface area contributed by atoms with Crippen LogP contribution in [0.4, 0.5) is 5.82 Å². The fourth-order valence-electron chi connectivity index (χ4n) is 2.16. The van der Waals surface area contributed by atoms with Crippen molar-refractivity contribution < 1.29 is 0 Å². The highest BCUT2D eigenvalue weighted by atomic mass is 32.2. The van der Waals surface area contributed by atoms with Gasteiger partial charge in [-0.2, -0.15) is 11.8 Å². The molecule has 0 saturated carbocycles. The molecule has 4 heteroatoms. The number of pyridine rings is 1. The Kier molecular flexibility index (Phi) is 8.12. The Hall–Kier alpha value is -0.740. The van der Waals surface area contributed by atoms with Gasteiger partial charge in [-0.1, -0.05) is 20.8 Å². The van der Waals surface area contributed by atoms with Crippen molar-refractivity contribution in [2.45, 2.75) is 52.6 Å². The number of nitrogens with zero attached hydrogens (tertiary/aromatic N) is 2. The number of thioether (sulfide) groups is 1. The monoisotopic (exact) mass is 309 g/mol. The maximum atomic E-state index is 4.85. The van der Waals surface area contributed by atoms with Gasteiger partial charge in [0.15, 0.2) is 0 Å². The smallest absolute Gasteiger partial charge is 0.129 e. The van der Waals surface area contributed by atoms with E-state index in [4.69, 9.17) is 4.98 Å². The van der Waals surface area contributed by atoms with E-state index in [0.717, 1.165) is 24.7 Å². The number of hydrogen-bond donors (Lipinski definition) is 1. The van der Waals surface area contributed by atoms with E-state index in [1.807, 2.05) is 11.8 Å². The van der Waals surface area contributed by atoms with E-state index < -0.39 is 0 Å². The lowest BCUT2D eigenvalue weighted by molar-refractivity contribution is 0.670. The molecule has 0 fully saturated rings. The maximum absolute atomic E-state index is 4.85. The molecule has 0 saturated heterocycles. The average molecular weight is 310 g/mol. The Labute approximate surface area is 134 Å². The topological polar surface area (TPSA) is 28.2 Å². The van der Waals surface area contributed by atoms with Crippen molar-refractivity contribution in [2.24, 2.45) is 0 Å². The molecule has 0 amide bonds. The van der Waals surface area contributed by atoms with E-state index in [2.05, 4.69) is 63.3 Å². The third-order valence-corrected chi connectivity index (χ3v) is 4.48. The molecule has 0 aromatic carbocycles. The lowest BCUT2D eigenvalue weighted by atomic mass is 10.1. The summed E-state index contributed by atoms with van der Waals surface area (Å²) in [5.74, 6) is 2.67. The van der Waals surface area contributed by atoms with Gasteiger partial charge < -0.3 is 10.2 Å². The summed E-state index contributed by atoms with van der Waals surface area (Å²) in [5.41, 5.74) is 2.52. The molecule has 21 heavy (non-hydrogen) atoms. The van der Waals surface area contributed by atoms with E-state index in [1.54, 1.807) is 0 Å². The van der Waals surface area contributed by atoms with Gasteiger partial charge in [-0.05, 0) is 49.8 Å². The molecule has 0 aliphatic rings. The summed E-state index contributed by atoms with van der Waals surface area (Å²) in [5, 5.41) is 3.49. The minimum absolute atomic E-state index is 0.458. The quantitative estimate of drug-likeness (QED) is 0.700. The summed E-state index contributed by atoms with van der Waals surface area (Å²) < 4.78 is 0. The van der Waals surface area contributed by atoms with Crippen molar-refractivity contribution in [2.75, 3.05) is 30.5 Å². The second-order valence-electron chi connectivity index (χ2n) is 6.01. The van der Waals surface area contributed by atoms with Crippen molar-refractivity contribution in [1.82, 2.24) is 10.3 Å². The van der Waals surface area contributed by atoms with Crippen LogP contribution in [0.25, 0.3) is 0 Å². The number of rotatable bonds is 9. The molecule has 3 nitrogen and oxygen atoms in total. The number of aromatic nitrogens is 1. The molecule has 1 N–H and O–H groups in total. The first-order chi connectivity index (χ1) is 9.99. The Morgan fingerprint density at radius 3 is 2.57 bits per heavy atom. The lowest BCUT2D eigenvalue weighted by Crippen LogP contribution is -2.32. The zero-order valence-electron chi connectivity index (χ0n) is 14.4. The van der Waals surface area contributed by atoms with Gasteiger partial charge in [-0.3, -0.25) is 0 Å². The van der Waals surface area contributed by atoms with Gasteiger partial charge in [0.05, 0.1) is 0 Å². The lowest BCUT2D eigenvalue weighted by Gasteiger charge is -2.27. The summed E-state index contributed by atoms with van der Waals surface area (Å²) in [6, 6.07) is 4.96. The van der Waals surface area contributed by atoms with Crippen LogP contribution >= 0.6 is 11.8 Å². The third kappa shape index (κ3) is 5.87. The molecule has 1 heterocycles. The predicted molar refractivity (Wildman–Crippen MR) is 96.6 cm³/mol. The molecular formula is C17H31N3S. The molecular weight excluding hydrogens is 278 g/mol. The molecule has 1 unspecified atom stereocenters. The van der Waals surface area contributed by atoms with Gasteiger partial charge in [0.1, 0.15) is 5.82 Å². The molecule has 0 aliphatic heterocycles. The highest BCUT2D eigenvalue weighted by molar-refractivity contribution is 7.98. The standard InChI is InChI=1S/C17H31N3S/c1-7-8-18-11-15-9-16(13(2)3)19-17(10-15)20(5)14(4)12-21-6/h9-10,13-14,18H,7-8,11-12H2,1-6H3. The Morgan fingerprint density at radius 1 is 1.29 bits per heavy atom. The SMILES string of the molecule is CCCNCc1cc(C(C)C)nc(N(C)C(C)CSC)c1. The maximum Gasteiger partial charge on any atom is 0.129 e. The zero-order chi connectivity index (χ0) is 15.8. The van der Waals surface area contributed by atoms with Crippen LogP contribution in [0, 0.1) is 0 Å². The van der Waals surface area contributed by atoms with Gasteiger partial charge in [-0.25, -0.2) is 4.98 Å². The highest BCUT2D eigenvalue weighted by Crippen LogP contribution is 2.21. The zero-order valence-corrected chi connectivity index (χ0v) is 15.3. The van der Waals surface area contributed by atoms with Crippen molar-refractivity contribution in [3.8, 4) is 0 Å². The van der Waals surface area contributed by atoms with Gasteiger partial charge in [-0.15, -0.1) is 0 Å². The van der Waals surface area contributed by atoms with Crippen molar-refractivity contribution >= 4 is 17.6 Å².